The quantitative estimate of drug-likeness (QED) is 0.760. The minimum Gasteiger partial charge on any atom is -0.479 e. The van der Waals surface area contributed by atoms with E-state index in [9.17, 15) is 0 Å². The molecule has 0 aromatic carbocycles. The predicted octanol–water partition coefficient (Wildman–Crippen LogP) is 0.362. The van der Waals surface area contributed by atoms with Gasteiger partial charge in [-0.1, -0.05) is 0 Å². The second-order valence-corrected chi connectivity index (χ2v) is 4.44. The molecular formula is C11H16N4O2. The monoisotopic (exact) mass is 236 g/mol. The lowest BCUT2D eigenvalue weighted by atomic mass is 10.0. The van der Waals surface area contributed by atoms with Crippen molar-refractivity contribution in [2.45, 2.75) is 6.04 Å². The molecule has 1 aromatic rings. The number of nitrogens with zero attached hydrogens (tertiary/aromatic N) is 3. The number of hydrogen-bond donors (Lipinski definition) is 1. The van der Waals surface area contributed by atoms with Gasteiger partial charge in [0.1, 0.15) is 12.0 Å². The van der Waals surface area contributed by atoms with E-state index in [0.717, 1.165) is 31.3 Å². The van der Waals surface area contributed by atoms with Gasteiger partial charge in [-0.15, -0.1) is 0 Å². The zero-order chi connectivity index (χ0) is 11.8. The van der Waals surface area contributed by atoms with Gasteiger partial charge in [0.2, 0.25) is 5.88 Å². The lowest BCUT2D eigenvalue weighted by molar-refractivity contribution is 0.185. The Hall–Kier alpha value is -1.56. The average molecular weight is 236 g/mol. The highest BCUT2D eigenvalue weighted by Crippen LogP contribution is 2.36. The standard InChI is InChI=1S/C11H16N4O2/c1-15-8-5-17-4-7(8)3-12-9-10(15)13-6-14-11(9)16-2/h6-8,12H,3-5H2,1-2H3. The molecule has 0 aliphatic carbocycles. The van der Waals surface area contributed by atoms with Crippen LogP contribution in [-0.4, -0.2) is 49.9 Å². The number of rotatable bonds is 1. The van der Waals surface area contributed by atoms with Crippen LogP contribution in [0.4, 0.5) is 11.5 Å². The Labute approximate surface area is 100.0 Å². The molecule has 0 amide bonds. The Morgan fingerprint density at radius 1 is 1.47 bits per heavy atom. The Kier molecular flexibility index (Phi) is 2.51. The molecule has 2 aliphatic rings. The molecule has 2 atom stereocenters. The van der Waals surface area contributed by atoms with Crippen LogP contribution in [0.25, 0.3) is 0 Å². The number of ether oxygens (including phenoxy) is 2. The zero-order valence-corrected chi connectivity index (χ0v) is 10.0. The fraction of sp³-hybridized carbons (Fsp3) is 0.636. The van der Waals surface area contributed by atoms with E-state index in [1.54, 1.807) is 7.11 Å². The number of fused-ring (bicyclic) bond motifs is 2. The van der Waals surface area contributed by atoms with Gasteiger partial charge in [-0.2, -0.15) is 4.98 Å². The van der Waals surface area contributed by atoms with Crippen LogP contribution in [0.2, 0.25) is 0 Å². The van der Waals surface area contributed by atoms with E-state index < -0.39 is 0 Å². The van der Waals surface area contributed by atoms with Gasteiger partial charge in [-0.05, 0) is 0 Å². The number of likely N-dealkylation sites (N-methyl/N-ethyl adjacent to an activating group) is 1. The van der Waals surface area contributed by atoms with Gasteiger partial charge in [0.15, 0.2) is 5.82 Å². The number of hydrogen-bond acceptors (Lipinski definition) is 6. The fourth-order valence-corrected chi connectivity index (χ4v) is 2.54. The molecule has 6 heteroatoms. The first-order chi connectivity index (χ1) is 8.31. The second-order valence-electron chi connectivity index (χ2n) is 4.44. The van der Waals surface area contributed by atoms with Gasteiger partial charge in [0.25, 0.3) is 0 Å². The van der Waals surface area contributed by atoms with E-state index in [1.807, 2.05) is 7.05 Å². The van der Waals surface area contributed by atoms with Crippen LogP contribution in [0.15, 0.2) is 6.33 Å². The summed E-state index contributed by atoms with van der Waals surface area (Å²) in [5.74, 6) is 1.97. The predicted molar refractivity (Wildman–Crippen MR) is 63.6 cm³/mol. The first-order valence-corrected chi connectivity index (χ1v) is 5.74. The topological polar surface area (TPSA) is 59.5 Å². The first kappa shape index (κ1) is 10.6. The molecule has 3 rings (SSSR count). The zero-order valence-electron chi connectivity index (χ0n) is 10.0. The largest absolute Gasteiger partial charge is 0.479 e. The van der Waals surface area contributed by atoms with Crippen LogP contribution < -0.4 is 15.0 Å². The third-order valence-corrected chi connectivity index (χ3v) is 3.52. The van der Waals surface area contributed by atoms with Gasteiger partial charge < -0.3 is 19.7 Å². The summed E-state index contributed by atoms with van der Waals surface area (Å²) in [5, 5.41) is 3.37. The summed E-state index contributed by atoms with van der Waals surface area (Å²) in [7, 11) is 3.67. The summed E-state index contributed by atoms with van der Waals surface area (Å²) in [4.78, 5) is 10.6. The first-order valence-electron chi connectivity index (χ1n) is 5.74. The van der Waals surface area contributed by atoms with E-state index in [4.69, 9.17) is 9.47 Å². The van der Waals surface area contributed by atoms with Crippen molar-refractivity contribution in [2.24, 2.45) is 5.92 Å². The fourth-order valence-electron chi connectivity index (χ4n) is 2.54. The van der Waals surface area contributed by atoms with E-state index in [2.05, 4.69) is 20.2 Å². The average Bonchev–Trinajstić information content (AvgIpc) is 2.78. The molecule has 6 nitrogen and oxygen atoms in total. The van der Waals surface area contributed by atoms with Crippen molar-refractivity contribution in [1.82, 2.24) is 9.97 Å². The van der Waals surface area contributed by atoms with Crippen molar-refractivity contribution in [2.75, 3.05) is 44.1 Å². The van der Waals surface area contributed by atoms with Crippen LogP contribution in [0.3, 0.4) is 0 Å². The van der Waals surface area contributed by atoms with Gasteiger partial charge >= 0.3 is 0 Å². The lowest BCUT2D eigenvalue weighted by Gasteiger charge is -2.26. The molecule has 1 N–H and O–H groups in total. The summed E-state index contributed by atoms with van der Waals surface area (Å²) in [6.07, 6.45) is 1.53. The van der Waals surface area contributed by atoms with Crippen molar-refractivity contribution < 1.29 is 9.47 Å². The molecule has 2 aliphatic heterocycles. The summed E-state index contributed by atoms with van der Waals surface area (Å²) in [5.41, 5.74) is 0.881. The number of nitrogens with one attached hydrogen (secondary N) is 1. The van der Waals surface area contributed by atoms with Crippen LogP contribution in [0.5, 0.6) is 5.88 Å². The molecule has 0 spiro atoms. The highest BCUT2D eigenvalue weighted by Gasteiger charge is 2.36. The van der Waals surface area contributed by atoms with Crippen LogP contribution in [0, 0.1) is 5.92 Å². The molecular weight excluding hydrogens is 220 g/mol. The second kappa shape index (κ2) is 4.03. The third kappa shape index (κ3) is 1.59. The maximum absolute atomic E-state index is 5.53. The molecule has 1 aromatic heterocycles. The third-order valence-electron chi connectivity index (χ3n) is 3.52. The van der Waals surface area contributed by atoms with E-state index in [-0.39, 0.29) is 0 Å². The molecule has 0 bridgehead atoms. The number of methoxy groups -OCH3 is 1. The maximum Gasteiger partial charge on any atom is 0.242 e. The van der Waals surface area contributed by atoms with Crippen LogP contribution >= 0.6 is 0 Å². The smallest absolute Gasteiger partial charge is 0.242 e. The van der Waals surface area contributed by atoms with E-state index in [0.29, 0.717) is 17.8 Å². The number of aromatic nitrogens is 2. The Morgan fingerprint density at radius 2 is 2.35 bits per heavy atom. The molecule has 2 unspecified atom stereocenters. The SMILES string of the molecule is COc1ncnc2c1NCC1COCC1N2C. The van der Waals surface area contributed by atoms with Gasteiger partial charge in [0, 0.05) is 19.5 Å². The Morgan fingerprint density at radius 3 is 3.18 bits per heavy atom. The lowest BCUT2D eigenvalue weighted by Crippen LogP contribution is -2.38. The molecule has 1 fully saturated rings. The summed E-state index contributed by atoms with van der Waals surface area (Å²) in [6.45, 7) is 2.42. The van der Waals surface area contributed by atoms with Crippen molar-refractivity contribution in [3.8, 4) is 5.88 Å². The van der Waals surface area contributed by atoms with Gasteiger partial charge in [0.05, 0.1) is 26.4 Å². The van der Waals surface area contributed by atoms with E-state index in [1.165, 1.54) is 6.33 Å². The van der Waals surface area contributed by atoms with Gasteiger partial charge in [-0.25, -0.2) is 4.98 Å². The highest BCUT2D eigenvalue weighted by molar-refractivity contribution is 5.71. The van der Waals surface area contributed by atoms with Crippen molar-refractivity contribution in [3.05, 3.63) is 6.33 Å². The summed E-state index contributed by atoms with van der Waals surface area (Å²) < 4.78 is 10.8. The molecule has 1 saturated heterocycles. The highest BCUT2D eigenvalue weighted by atomic mass is 16.5. The van der Waals surface area contributed by atoms with E-state index >= 15 is 0 Å². The van der Waals surface area contributed by atoms with Gasteiger partial charge in [-0.3, -0.25) is 0 Å². The minimum absolute atomic E-state index is 0.378. The van der Waals surface area contributed by atoms with Crippen molar-refractivity contribution >= 4 is 11.5 Å². The molecule has 17 heavy (non-hydrogen) atoms. The normalized spacial score (nSPS) is 26.8. The van der Waals surface area contributed by atoms with Crippen molar-refractivity contribution in [1.29, 1.82) is 0 Å². The number of anilines is 2. The summed E-state index contributed by atoms with van der Waals surface area (Å²) >= 11 is 0. The maximum atomic E-state index is 5.53. The molecule has 92 valence electrons. The Bertz CT molecular complexity index is 426. The Balaban J connectivity index is 2.03. The molecule has 3 heterocycles. The van der Waals surface area contributed by atoms with Crippen LogP contribution in [0.1, 0.15) is 0 Å². The van der Waals surface area contributed by atoms with Crippen molar-refractivity contribution in [3.63, 3.8) is 0 Å². The van der Waals surface area contributed by atoms with Crippen LogP contribution in [-0.2, 0) is 4.74 Å². The minimum atomic E-state index is 0.378. The summed E-state index contributed by atoms with van der Waals surface area (Å²) in [6, 6.07) is 0.378. The molecule has 0 radical (unpaired) electrons. The molecule has 0 saturated carbocycles.